The summed E-state index contributed by atoms with van der Waals surface area (Å²) < 4.78 is 4.54. The van der Waals surface area contributed by atoms with Crippen LogP contribution in [0.4, 0.5) is 4.79 Å². The maximum atomic E-state index is 12.2. The van der Waals surface area contributed by atoms with Crippen molar-refractivity contribution >= 4 is 22.9 Å². The summed E-state index contributed by atoms with van der Waals surface area (Å²) in [5, 5.41) is 12.3. The van der Waals surface area contributed by atoms with E-state index in [9.17, 15) is 9.59 Å². The Kier molecular flexibility index (Phi) is 4.63. The van der Waals surface area contributed by atoms with E-state index in [0.717, 1.165) is 21.4 Å². The number of nitrogens with one attached hydrogen (secondary N) is 2. The fourth-order valence-corrected chi connectivity index (χ4v) is 2.20. The fourth-order valence-electron chi connectivity index (χ4n) is 2.20. The van der Waals surface area contributed by atoms with Crippen molar-refractivity contribution in [1.29, 1.82) is 5.26 Å². The summed E-state index contributed by atoms with van der Waals surface area (Å²) in [6.45, 7) is 0. The monoisotopic (exact) mass is 300 g/mol. The second-order valence-electron chi connectivity index (χ2n) is 4.75. The van der Waals surface area contributed by atoms with Gasteiger partial charge in [0, 0.05) is 30.6 Å². The topological polar surface area (TPSA) is 98.2 Å². The lowest BCUT2D eigenvalue weighted by Gasteiger charge is -2.19. The number of methoxy groups -OCH3 is 1. The number of benzene rings is 1. The van der Waals surface area contributed by atoms with Crippen molar-refractivity contribution in [3.63, 3.8) is 0 Å². The van der Waals surface area contributed by atoms with Crippen molar-refractivity contribution in [2.75, 3.05) is 14.2 Å². The minimum atomic E-state index is -0.878. The van der Waals surface area contributed by atoms with Crippen molar-refractivity contribution in [1.82, 2.24) is 15.2 Å². The van der Waals surface area contributed by atoms with Crippen LogP contribution in [-0.4, -0.2) is 42.1 Å². The van der Waals surface area contributed by atoms with E-state index >= 15 is 0 Å². The number of likely N-dealkylation sites (N-methyl/N-ethyl adjacent to an activating group) is 1. The molecule has 7 nitrogen and oxygen atoms in total. The standard InChI is InChI=1S/C15H16N4O3/c1-19(9-16)14(20)13(18-15(21)22-2)7-10-8-17-12-6-4-3-5-11(10)12/h3-6,8,13,17H,7H2,1-2H3,(H,18,21). The van der Waals surface area contributed by atoms with Crippen LogP contribution < -0.4 is 5.32 Å². The lowest BCUT2D eigenvalue weighted by atomic mass is 10.0. The van der Waals surface area contributed by atoms with E-state index in [0.29, 0.717) is 0 Å². The second kappa shape index (κ2) is 6.63. The number of carbonyl (C=O) groups is 2. The number of carbonyl (C=O) groups excluding carboxylic acids is 2. The van der Waals surface area contributed by atoms with Crippen molar-refractivity contribution in [3.05, 3.63) is 36.0 Å². The summed E-state index contributed by atoms with van der Waals surface area (Å²) in [6.07, 6.45) is 3.06. The molecule has 2 amide bonds. The molecule has 0 saturated carbocycles. The van der Waals surface area contributed by atoms with Gasteiger partial charge in [-0.15, -0.1) is 0 Å². The molecule has 1 heterocycles. The smallest absolute Gasteiger partial charge is 0.407 e. The molecular weight excluding hydrogens is 284 g/mol. The molecule has 22 heavy (non-hydrogen) atoms. The van der Waals surface area contributed by atoms with Crippen LogP contribution in [-0.2, 0) is 16.0 Å². The van der Waals surface area contributed by atoms with E-state index in [2.05, 4.69) is 15.0 Å². The highest BCUT2D eigenvalue weighted by Crippen LogP contribution is 2.19. The average Bonchev–Trinajstić information content (AvgIpc) is 2.95. The summed E-state index contributed by atoms with van der Waals surface area (Å²) in [5.74, 6) is -0.502. The quantitative estimate of drug-likeness (QED) is 0.658. The summed E-state index contributed by atoms with van der Waals surface area (Å²) >= 11 is 0. The predicted octanol–water partition coefficient (Wildman–Crippen LogP) is 1.37. The highest BCUT2D eigenvalue weighted by Gasteiger charge is 2.25. The first-order valence-corrected chi connectivity index (χ1v) is 6.63. The Morgan fingerprint density at radius 1 is 1.45 bits per heavy atom. The van der Waals surface area contributed by atoms with Crippen LogP contribution >= 0.6 is 0 Å². The minimum absolute atomic E-state index is 0.254. The highest BCUT2D eigenvalue weighted by molar-refractivity contribution is 5.88. The van der Waals surface area contributed by atoms with Crippen LogP contribution in [0.1, 0.15) is 5.56 Å². The number of fused-ring (bicyclic) bond motifs is 1. The molecule has 0 bridgehead atoms. The van der Waals surface area contributed by atoms with Crippen LogP contribution in [0.15, 0.2) is 30.5 Å². The largest absolute Gasteiger partial charge is 0.453 e. The number of alkyl carbamates (subject to hydrolysis) is 1. The number of nitriles is 1. The summed E-state index contributed by atoms with van der Waals surface area (Å²) in [4.78, 5) is 27.6. The molecule has 2 N–H and O–H groups in total. The van der Waals surface area contributed by atoms with Gasteiger partial charge in [0.15, 0.2) is 6.19 Å². The summed E-state index contributed by atoms with van der Waals surface area (Å²) in [7, 11) is 2.57. The van der Waals surface area contributed by atoms with E-state index in [1.807, 2.05) is 24.3 Å². The molecule has 2 rings (SSSR count). The van der Waals surface area contributed by atoms with Gasteiger partial charge in [0.1, 0.15) is 6.04 Å². The SMILES string of the molecule is COC(=O)NC(Cc1c[nH]c2ccccc12)C(=O)N(C)C#N. The highest BCUT2D eigenvalue weighted by atomic mass is 16.5. The number of aromatic nitrogens is 1. The van der Waals surface area contributed by atoms with Gasteiger partial charge in [-0.25, -0.2) is 4.79 Å². The predicted molar refractivity (Wildman–Crippen MR) is 79.7 cm³/mol. The maximum Gasteiger partial charge on any atom is 0.407 e. The number of rotatable bonds is 4. The van der Waals surface area contributed by atoms with Crippen molar-refractivity contribution in [3.8, 4) is 6.19 Å². The molecule has 1 aromatic carbocycles. The Labute approximate surface area is 127 Å². The van der Waals surface area contributed by atoms with Crippen molar-refractivity contribution in [2.45, 2.75) is 12.5 Å². The first-order valence-electron chi connectivity index (χ1n) is 6.63. The van der Waals surface area contributed by atoms with Crippen LogP contribution in [0.2, 0.25) is 0 Å². The summed E-state index contributed by atoms with van der Waals surface area (Å²) in [5.41, 5.74) is 1.81. The van der Waals surface area contributed by atoms with E-state index in [4.69, 9.17) is 5.26 Å². The van der Waals surface area contributed by atoms with Crippen LogP contribution in [0, 0.1) is 11.5 Å². The Bertz CT molecular complexity index is 732. The maximum absolute atomic E-state index is 12.2. The number of ether oxygens (including phenoxy) is 1. The lowest BCUT2D eigenvalue weighted by molar-refractivity contribution is -0.129. The number of amides is 2. The number of para-hydroxylation sites is 1. The first kappa shape index (κ1) is 15.4. The van der Waals surface area contributed by atoms with Gasteiger partial charge in [0.05, 0.1) is 7.11 Å². The molecule has 0 aliphatic carbocycles. The van der Waals surface area contributed by atoms with Gasteiger partial charge in [-0.1, -0.05) is 18.2 Å². The third-order valence-corrected chi connectivity index (χ3v) is 3.36. The molecule has 0 aliphatic rings. The number of hydrogen-bond donors (Lipinski definition) is 2. The first-order chi connectivity index (χ1) is 10.6. The third kappa shape index (κ3) is 3.17. The van der Waals surface area contributed by atoms with E-state index < -0.39 is 18.0 Å². The third-order valence-electron chi connectivity index (χ3n) is 3.36. The Balaban J connectivity index is 2.27. The molecule has 0 aliphatic heterocycles. The van der Waals surface area contributed by atoms with E-state index in [1.54, 1.807) is 12.4 Å². The van der Waals surface area contributed by atoms with Crippen molar-refractivity contribution in [2.24, 2.45) is 0 Å². The lowest BCUT2D eigenvalue weighted by Crippen LogP contribution is -2.47. The molecule has 0 radical (unpaired) electrons. The molecule has 1 unspecified atom stereocenters. The average molecular weight is 300 g/mol. The number of H-pyrrole nitrogens is 1. The van der Waals surface area contributed by atoms with Gasteiger partial charge in [0.2, 0.25) is 0 Å². The fraction of sp³-hybridized carbons (Fsp3) is 0.267. The number of aromatic amines is 1. The van der Waals surface area contributed by atoms with Crippen LogP contribution in [0.3, 0.4) is 0 Å². The molecular formula is C15H16N4O3. The molecule has 0 spiro atoms. The molecule has 1 atom stereocenters. The molecule has 2 aromatic rings. The van der Waals surface area contributed by atoms with Gasteiger partial charge < -0.3 is 15.0 Å². The number of hydrogen-bond acceptors (Lipinski definition) is 4. The van der Waals surface area contributed by atoms with E-state index in [1.165, 1.54) is 14.2 Å². The minimum Gasteiger partial charge on any atom is -0.453 e. The second-order valence-corrected chi connectivity index (χ2v) is 4.75. The van der Waals surface area contributed by atoms with Gasteiger partial charge >= 0.3 is 6.09 Å². The molecule has 7 heteroatoms. The Morgan fingerprint density at radius 3 is 2.86 bits per heavy atom. The number of nitrogens with zero attached hydrogens (tertiary/aromatic N) is 2. The zero-order valence-electron chi connectivity index (χ0n) is 12.3. The summed E-state index contributed by atoms with van der Waals surface area (Å²) in [6, 6.07) is 6.77. The normalized spacial score (nSPS) is 11.5. The van der Waals surface area contributed by atoms with Crippen LogP contribution in [0.25, 0.3) is 10.9 Å². The van der Waals surface area contributed by atoms with Gasteiger partial charge in [-0.05, 0) is 11.6 Å². The van der Waals surface area contributed by atoms with E-state index in [-0.39, 0.29) is 6.42 Å². The molecule has 0 fully saturated rings. The zero-order valence-corrected chi connectivity index (χ0v) is 12.3. The van der Waals surface area contributed by atoms with Gasteiger partial charge in [-0.3, -0.25) is 9.69 Å². The Hall–Kier alpha value is -3.01. The molecule has 0 saturated heterocycles. The molecule has 114 valence electrons. The van der Waals surface area contributed by atoms with Gasteiger partial charge in [0.25, 0.3) is 5.91 Å². The molecule has 1 aromatic heterocycles. The zero-order chi connectivity index (χ0) is 16.1. The van der Waals surface area contributed by atoms with Gasteiger partial charge in [-0.2, -0.15) is 5.26 Å². The van der Waals surface area contributed by atoms with Crippen LogP contribution in [0.5, 0.6) is 0 Å². The van der Waals surface area contributed by atoms with Crippen molar-refractivity contribution < 1.29 is 14.3 Å². The Morgan fingerprint density at radius 2 is 2.18 bits per heavy atom.